The zero-order valence-corrected chi connectivity index (χ0v) is 10.7. The first-order valence-electron chi connectivity index (χ1n) is 6.39. The average molecular weight is 233 g/mol. The van der Waals surface area contributed by atoms with Gasteiger partial charge in [0.05, 0.1) is 0 Å². The first-order chi connectivity index (χ1) is 8.36. The molecule has 0 aromatic heterocycles. The van der Waals surface area contributed by atoms with Gasteiger partial charge in [0.25, 0.3) is 0 Å². The van der Waals surface area contributed by atoms with E-state index in [1.165, 1.54) is 0 Å². The molecule has 1 N–H and O–H groups in total. The SMILES string of the molecule is C=CCCC(COc1ccccc1)NCCC. The quantitative estimate of drug-likeness (QED) is 0.660. The summed E-state index contributed by atoms with van der Waals surface area (Å²) >= 11 is 0. The van der Waals surface area contributed by atoms with Crippen LogP contribution in [0.4, 0.5) is 0 Å². The molecule has 0 aliphatic carbocycles. The highest BCUT2D eigenvalue weighted by molar-refractivity contribution is 5.20. The van der Waals surface area contributed by atoms with Gasteiger partial charge in [0.1, 0.15) is 12.4 Å². The monoisotopic (exact) mass is 233 g/mol. The number of allylic oxidation sites excluding steroid dienone is 1. The van der Waals surface area contributed by atoms with Gasteiger partial charge in [-0.05, 0) is 37.9 Å². The van der Waals surface area contributed by atoms with Crippen LogP contribution in [0, 0.1) is 0 Å². The molecule has 0 spiro atoms. The van der Waals surface area contributed by atoms with Gasteiger partial charge in [-0.2, -0.15) is 0 Å². The Labute approximate surface area is 105 Å². The molecule has 1 aromatic rings. The molecule has 0 aliphatic rings. The van der Waals surface area contributed by atoms with Crippen LogP contribution in [-0.4, -0.2) is 19.2 Å². The highest BCUT2D eigenvalue weighted by Gasteiger charge is 2.07. The highest BCUT2D eigenvalue weighted by Crippen LogP contribution is 2.09. The Morgan fingerprint density at radius 1 is 1.35 bits per heavy atom. The van der Waals surface area contributed by atoms with Crippen LogP contribution >= 0.6 is 0 Å². The number of nitrogens with one attached hydrogen (secondary N) is 1. The fraction of sp³-hybridized carbons (Fsp3) is 0.467. The van der Waals surface area contributed by atoms with Gasteiger partial charge < -0.3 is 10.1 Å². The first-order valence-corrected chi connectivity index (χ1v) is 6.39. The topological polar surface area (TPSA) is 21.3 Å². The van der Waals surface area contributed by atoms with Crippen molar-refractivity contribution < 1.29 is 4.74 Å². The molecule has 0 saturated heterocycles. The number of para-hydroxylation sites is 1. The van der Waals surface area contributed by atoms with Crippen LogP contribution in [0.3, 0.4) is 0 Å². The molecule has 17 heavy (non-hydrogen) atoms. The van der Waals surface area contributed by atoms with Crippen molar-refractivity contribution in [2.45, 2.75) is 32.2 Å². The fourth-order valence-electron chi connectivity index (χ4n) is 1.63. The third-order valence-electron chi connectivity index (χ3n) is 2.60. The normalized spacial score (nSPS) is 12.1. The summed E-state index contributed by atoms with van der Waals surface area (Å²) in [6.07, 6.45) is 5.22. The molecule has 1 rings (SSSR count). The smallest absolute Gasteiger partial charge is 0.119 e. The molecule has 0 fully saturated rings. The second-order valence-corrected chi connectivity index (χ2v) is 4.14. The molecule has 0 heterocycles. The number of ether oxygens (including phenoxy) is 1. The largest absolute Gasteiger partial charge is 0.492 e. The van der Waals surface area contributed by atoms with Crippen molar-refractivity contribution in [3.8, 4) is 5.75 Å². The lowest BCUT2D eigenvalue weighted by Crippen LogP contribution is -2.35. The summed E-state index contributed by atoms with van der Waals surface area (Å²) in [7, 11) is 0. The lowest BCUT2D eigenvalue weighted by atomic mass is 10.1. The molecule has 0 aliphatic heterocycles. The van der Waals surface area contributed by atoms with Crippen LogP contribution in [-0.2, 0) is 0 Å². The van der Waals surface area contributed by atoms with E-state index >= 15 is 0 Å². The Balaban J connectivity index is 2.34. The van der Waals surface area contributed by atoms with Gasteiger partial charge in [-0.1, -0.05) is 31.2 Å². The highest BCUT2D eigenvalue weighted by atomic mass is 16.5. The minimum absolute atomic E-state index is 0.410. The van der Waals surface area contributed by atoms with E-state index in [0.29, 0.717) is 6.04 Å². The predicted octanol–water partition coefficient (Wildman–Crippen LogP) is 3.40. The molecule has 2 nitrogen and oxygen atoms in total. The summed E-state index contributed by atoms with van der Waals surface area (Å²) in [6.45, 7) is 7.70. The number of rotatable bonds is 9. The molecular weight excluding hydrogens is 210 g/mol. The maximum atomic E-state index is 5.77. The lowest BCUT2D eigenvalue weighted by molar-refractivity contribution is 0.257. The van der Waals surface area contributed by atoms with Gasteiger partial charge in [-0.3, -0.25) is 0 Å². The third-order valence-corrected chi connectivity index (χ3v) is 2.60. The van der Waals surface area contributed by atoms with E-state index in [4.69, 9.17) is 4.74 Å². The summed E-state index contributed by atoms with van der Waals surface area (Å²) in [5, 5.41) is 3.50. The van der Waals surface area contributed by atoms with E-state index in [1.54, 1.807) is 0 Å². The second kappa shape index (κ2) is 8.82. The van der Waals surface area contributed by atoms with Crippen molar-refractivity contribution in [3.63, 3.8) is 0 Å². The Hall–Kier alpha value is -1.28. The summed E-state index contributed by atoms with van der Waals surface area (Å²) < 4.78 is 5.77. The molecule has 94 valence electrons. The molecule has 0 bridgehead atoms. The summed E-state index contributed by atoms with van der Waals surface area (Å²) in [4.78, 5) is 0. The van der Waals surface area contributed by atoms with Gasteiger partial charge in [0, 0.05) is 6.04 Å². The van der Waals surface area contributed by atoms with Gasteiger partial charge in [-0.15, -0.1) is 6.58 Å². The molecule has 0 saturated carbocycles. The third kappa shape index (κ3) is 6.12. The standard InChI is InChI=1S/C15H23NO/c1-3-5-9-14(16-12-4-2)13-17-15-10-7-6-8-11-15/h3,6-8,10-11,14,16H,1,4-5,9,12-13H2,2H3. The molecule has 0 amide bonds. The Morgan fingerprint density at radius 2 is 2.12 bits per heavy atom. The van der Waals surface area contributed by atoms with Gasteiger partial charge in [-0.25, -0.2) is 0 Å². The summed E-state index contributed by atoms with van der Waals surface area (Å²) in [5.41, 5.74) is 0. The fourth-order valence-corrected chi connectivity index (χ4v) is 1.63. The predicted molar refractivity (Wildman–Crippen MR) is 73.4 cm³/mol. The van der Waals surface area contributed by atoms with Crippen LogP contribution in [0.15, 0.2) is 43.0 Å². The molecule has 2 heteroatoms. The van der Waals surface area contributed by atoms with Crippen molar-refractivity contribution in [2.24, 2.45) is 0 Å². The summed E-state index contributed by atoms with van der Waals surface area (Å²) in [5.74, 6) is 0.939. The van der Waals surface area contributed by atoms with Crippen molar-refractivity contribution in [1.82, 2.24) is 5.32 Å². The van der Waals surface area contributed by atoms with Crippen molar-refractivity contribution >= 4 is 0 Å². The van der Waals surface area contributed by atoms with Crippen molar-refractivity contribution in [2.75, 3.05) is 13.2 Å². The average Bonchev–Trinajstić information content (AvgIpc) is 2.39. The maximum Gasteiger partial charge on any atom is 0.119 e. The van der Waals surface area contributed by atoms with Crippen LogP contribution < -0.4 is 10.1 Å². The first kappa shape index (κ1) is 13.8. The Morgan fingerprint density at radius 3 is 2.76 bits per heavy atom. The van der Waals surface area contributed by atoms with Crippen LogP contribution in [0.2, 0.25) is 0 Å². The molecule has 1 atom stereocenters. The molecule has 0 radical (unpaired) electrons. The minimum Gasteiger partial charge on any atom is -0.492 e. The van der Waals surface area contributed by atoms with E-state index in [0.717, 1.165) is 38.2 Å². The van der Waals surface area contributed by atoms with E-state index in [2.05, 4.69) is 18.8 Å². The maximum absolute atomic E-state index is 5.77. The zero-order valence-electron chi connectivity index (χ0n) is 10.7. The second-order valence-electron chi connectivity index (χ2n) is 4.14. The van der Waals surface area contributed by atoms with E-state index in [-0.39, 0.29) is 0 Å². The van der Waals surface area contributed by atoms with Crippen LogP contribution in [0.1, 0.15) is 26.2 Å². The Bertz CT molecular complexity index is 297. The number of hydrogen-bond acceptors (Lipinski definition) is 2. The number of hydrogen-bond donors (Lipinski definition) is 1. The molecular formula is C15H23NO. The van der Waals surface area contributed by atoms with E-state index in [1.807, 2.05) is 36.4 Å². The minimum atomic E-state index is 0.410. The Kier molecular flexibility index (Phi) is 7.15. The van der Waals surface area contributed by atoms with Gasteiger partial charge in [0.2, 0.25) is 0 Å². The van der Waals surface area contributed by atoms with Crippen LogP contribution in [0.25, 0.3) is 0 Å². The van der Waals surface area contributed by atoms with Crippen molar-refractivity contribution in [3.05, 3.63) is 43.0 Å². The van der Waals surface area contributed by atoms with Crippen molar-refractivity contribution in [1.29, 1.82) is 0 Å². The van der Waals surface area contributed by atoms with Gasteiger partial charge in [0.15, 0.2) is 0 Å². The van der Waals surface area contributed by atoms with Crippen LogP contribution in [0.5, 0.6) is 5.75 Å². The zero-order chi connectivity index (χ0) is 12.3. The van der Waals surface area contributed by atoms with Gasteiger partial charge >= 0.3 is 0 Å². The summed E-state index contributed by atoms with van der Waals surface area (Å²) in [6, 6.07) is 10.4. The molecule has 1 unspecified atom stereocenters. The van der Waals surface area contributed by atoms with E-state index < -0.39 is 0 Å². The lowest BCUT2D eigenvalue weighted by Gasteiger charge is -2.18. The molecule has 1 aromatic carbocycles. The van der Waals surface area contributed by atoms with E-state index in [9.17, 15) is 0 Å². The number of benzene rings is 1.